The lowest BCUT2D eigenvalue weighted by molar-refractivity contribution is -0.157. The molecule has 2 amide bonds. The van der Waals surface area contributed by atoms with Crippen LogP contribution in [0.4, 0.5) is 0 Å². The molecule has 0 radical (unpaired) electrons. The lowest BCUT2D eigenvalue weighted by Gasteiger charge is -2.43. The van der Waals surface area contributed by atoms with Gasteiger partial charge in [0.05, 0.1) is 20.1 Å². The predicted octanol–water partition coefficient (Wildman–Crippen LogP) is 5.26. The highest BCUT2D eigenvalue weighted by atomic mass is 35.5. The number of benzene rings is 2. The van der Waals surface area contributed by atoms with E-state index in [9.17, 15) is 9.59 Å². The molecule has 0 aromatic heterocycles. The Hall–Kier alpha value is -2.81. The number of aryl methyl sites for hydroxylation is 2. The van der Waals surface area contributed by atoms with E-state index in [-0.39, 0.29) is 30.9 Å². The summed E-state index contributed by atoms with van der Waals surface area (Å²) in [5, 5.41) is 3.71. The van der Waals surface area contributed by atoms with Crippen LogP contribution in [0.1, 0.15) is 68.2 Å². The molecule has 4 rings (SSSR count). The number of methoxy groups -OCH3 is 1. The number of morpholine rings is 1. The average molecular weight is 600 g/mol. The first-order chi connectivity index (χ1) is 20.0. The van der Waals surface area contributed by atoms with Gasteiger partial charge in [0.1, 0.15) is 23.7 Å². The number of halogens is 1. The molecule has 1 N–H and O–H groups in total. The zero-order valence-corrected chi connectivity index (χ0v) is 26.7. The van der Waals surface area contributed by atoms with E-state index in [4.69, 9.17) is 25.8 Å². The van der Waals surface area contributed by atoms with E-state index in [0.29, 0.717) is 44.5 Å². The zero-order valence-electron chi connectivity index (χ0n) is 25.9. The lowest BCUT2D eigenvalue weighted by Crippen LogP contribution is -2.57. The van der Waals surface area contributed by atoms with Crippen molar-refractivity contribution in [3.63, 3.8) is 0 Å². The molecule has 2 saturated heterocycles. The number of likely N-dealkylation sites (tertiary alicyclic amines) is 1. The van der Waals surface area contributed by atoms with Gasteiger partial charge < -0.3 is 24.4 Å². The SMILES string of the molecule is COc1ccc(C(C)C)cc1CN1CCOC(COc2cc(C)c(Cl)c(C)c2)(CC(=O)N2CCC(NC(C)=O)CC2)C1. The number of hydrogen-bond donors (Lipinski definition) is 1. The van der Waals surface area contributed by atoms with Crippen LogP contribution in [-0.2, 0) is 20.9 Å². The monoisotopic (exact) mass is 599 g/mol. The molecule has 0 saturated carbocycles. The Labute approximate surface area is 255 Å². The highest BCUT2D eigenvalue weighted by molar-refractivity contribution is 6.32. The molecule has 0 bridgehead atoms. The summed E-state index contributed by atoms with van der Waals surface area (Å²) in [6.07, 6.45) is 1.71. The first-order valence-corrected chi connectivity index (χ1v) is 15.3. The molecule has 0 aliphatic carbocycles. The molecule has 42 heavy (non-hydrogen) atoms. The van der Waals surface area contributed by atoms with Crippen LogP contribution in [0, 0.1) is 13.8 Å². The van der Waals surface area contributed by atoms with Crippen LogP contribution in [0.3, 0.4) is 0 Å². The van der Waals surface area contributed by atoms with Gasteiger partial charge in [0, 0.05) is 56.3 Å². The topological polar surface area (TPSA) is 80.3 Å². The summed E-state index contributed by atoms with van der Waals surface area (Å²) in [7, 11) is 1.70. The molecule has 2 aliphatic rings. The fraction of sp³-hybridized carbons (Fsp3) is 0.576. The van der Waals surface area contributed by atoms with Gasteiger partial charge in [0.2, 0.25) is 11.8 Å². The Morgan fingerprint density at radius 1 is 1.12 bits per heavy atom. The van der Waals surface area contributed by atoms with Crippen LogP contribution in [0.15, 0.2) is 30.3 Å². The summed E-state index contributed by atoms with van der Waals surface area (Å²) in [6.45, 7) is 13.8. The van der Waals surface area contributed by atoms with Gasteiger partial charge >= 0.3 is 0 Å². The Balaban J connectivity index is 1.53. The largest absolute Gasteiger partial charge is 0.496 e. The second-order valence-corrected chi connectivity index (χ2v) is 12.5. The zero-order chi connectivity index (χ0) is 30.4. The predicted molar refractivity (Wildman–Crippen MR) is 165 cm³/mol. The Bertz CT molecular complexity index is 1240. The minimum absolute atomic E-state index is 0.0326. The van der Waals surface area contributed by atoms with E-state index in [0.717, 1.165) is 46.8 Å². The number of hydrogen-bond acceptors (Lipinski definition) is 6. The minimum atomic E-state index is -0.825. The number of rotatable bonds is 10. The van der Waals surface area contributed by atoms with Crippen LogP contribution in [0.2, 0.25) is 5.02 Å². The van der Waals surface area contributed by atoms with Crippen molar-refractivity contribution < 1.29 is 23.8 Å². The van der Waals surface area contributed by atoms with Gasteiger partial charge in [-0.1, -0.05) is 37.6 Å². The summed E-state index contributed by atoms with van der Waals surface area (Å²) >= 11 is 6.40. The number of nitrogens with one attached hydrogen (secondary N) is 1. The van der Waals surface area contributed by atoms with Crippen molar-refractivity contribution in [3.8, 4) is 11.5 Å². The molecular weight excluding hydrogens is 554 g/mol. The molecule has 2 fully saturated rings. The second-order valence-electron chi connectivity index (χ2n) is 12.2. The summed E-state index contributed by atoms with van der Waals surface area (Å²) in [5.74, 6) is 1.99. The third-order valence-electron chi connectivity index (χ3n) is 8.33. The number of carbonyl (C=O) groups is 2. The Morgan fingerprint density at radius 3 is 2.43 bits per heavy atom. The van der Waals surface area contributed by atoms with Crippen molar-refractivity contribution in [1.82, 2.24) is 15.1 Å². The van der Waals surface area contributed by atoms with Gasteiger partial charge in [-0.25, -0.2) is 0 Å². The van der Waals surface area contributed by atoms with E-state index in [1.807, 2.05) is 36.9 Å². The second kappa shape index (κ2) is 14.1. The number of nitrogens with zero attached hydrogens (tertiary/aromatic N) is 2. The third kappa shape index (κ3) is 8.17. The molecule has 8 nitrogen and oxygen atoms in total. The van der Waals surface area contributed by atoms with Gasteiger partial charge in [-0.3, -0.25) is 14.5 Å². The molecule has 0 spiro atoms. The smallest absolute Gasteiger partial charge is 0.225 e. The molecule has 9 heteroatoms. The number of carbonyl (C=O) groups excluding carboxylic acids is 2. The maximum absolute atomic E-state index is 13.7. The standard InChI is InChI=1S/C33H46ClN3O5/c1-22(2)26-7-8-30(40-6)27(17-26)19-36-13-14-42-33(20-36,21-41-29-15-23(3)32(34)24(4)16-29)18-31(39)37-11-9-28(10-12-37)35-25(5)38/h7-8,15-17,22,28H,9-14,18-21H2,1-6H3,(H,35,38). The molecule has 2 aromatic rings. The van der Waals surface area contributed by atoms with Crippen LogP contribution >= 0.6 is 11.6 Å². The highest BCUT2D eigenvalue weighted by Gasteiger charge is 2.41. The van der Waals surface area contributed by atoms with Crippen molar-refractivity contribution in [1.29, 1.82) is 0 Å². The molecule has 2 heterocycles. The van der Waals surface area contributed by atoms with E-state index in [2.05, 4.69) is 36.2 Å². The Kier molecular flexibility index (Phi) is 10.8. The summed E-state index contributed by atoms with van der Waals surface area (Å²) in [5.41, 5.74) is 3.45. The maximum atomic E-state index is 13.7. The van der Waals surface area contributed by atoms with Gasteiger partial charge in [0.25, 0.3) is 0 Å². The van der Waals surface area contributed by atoms with Gasteiger partial charge in [-0.2, -0.15) is 0 Å². The molecule has 2 aromatic carbocycles. The van der Waals surface area contributed by atoms with Crippen molar-refractivity contribution in [2.75, 3.05) is 46.5 Å². The highest BCUT2D eigenvalue weighted by Crippen LogP contribution is 2.32. The summed E-state index contributed by atoms with van der Waals surface area (Å²) in [6, 6.07) is 10.4. The van der Waals surface area contributed by atoms with Crippen LogP contribution in [-0.4, -0.2) is 79.8 Å². The van der Waals surface area contributed by atoms with Crippen molar-refractivity contribution in [2.45, 2.75) is 78.0 Å². The average Bonchev–Trinajstić information content (AvgIpc) is 2.95. The lowest BCUT2D eigenvalue weighted by atomic mass is 9.94. The maximum Gasteiger partial charge on any atom is 0.225 e. The van der Waals surface area contributed by atoms with Crippen LogP contribution in [0.5, 0.6) is 11.5 Å². The van der Waals surface area contributed by atoms with Crippen LogP contribution < -0.4 is 14.8 Å². The number of amides is 2. The van der Waals surface area contributed by atoms with E-state index in [1.54, 1.807) is 7.11 Å². The van der Waals surface area contributed by atoms with Crippen molar-refractivity contribution >= 4 is 23.4 Å². The fourth-order valence-corrected chi connectivity index (χ4v) is 6.09. The van der Waals surface area contributed by atoms with Crippen LogP contribution in [0.25, 0.3) is 0 Å². The molecular formula is C33H46ClN3O5. The number of ether oxygens (including phenoxy) is 3. The van der Waals surface area contributed by atoms with Gasteiger partial charge in [-0.05, 0) is 67.5 Å². The summed E-state index contributed by atoms with van der Waals surface area (Å²) < 4.78 is 18.5. The fourth-order valence-electron chi connectivity index (χ4n) is 5.98. The first-order valence-electron chi connectivity index (χ1n) is 15.0. The minimum Gasteiger partial charge on any atom is -0.496 e. The number of piperidine rings is 1. The molecule has 1 atom stereocenters. The molecule has 2 aliphatic heterocycles. The Morgan fingerprint density at radius 2 is 1.81 bits per heavy atom. The third-order valence-corrected chi connectivity index (χ3v) is 8.93. The van der Waals surface area contributed by atoms with Gasteiger partial charge in [0.15, 0.2) is 0 Å². The van der Waals surface area contributed by atoms with Crippen molar-refractivity contribution in [3.05, 3.63) is 57.6 Å². The van der Waals surface area contributed by atoms with E-state index >= 15 is 0 Å². The van der Waals surface area contributed by atoms with Gasteiger partial charge in [-0.15, -0.1) is 0 Å². The van der Waals surface area contributed by atoms with E-state index < -0.39 is 5.60 Å². The van der Waals surface area contributed by atoms with Crippen molar-refractivity contribution in [2.24, 2.45) is 0 Å². The normalized spacial score (nSPS) is 20.0. The van der Waals surface area contributed by atoms with E-state index in [1.165, 1.54) is 12.5 Å². The first kappa shape index (κ1) is 32.1. The quantitative estimate of drug-likeness (QED) is 0.402. The summed E-state index contributed by atoms with van der Waals surface area (Å²) in [4.78, 5) is 29.4. The molecule has 230 valence electrons. The molecule has 1 unspecified atom stereocenters.